The summed E-state index contributed by atoms with van der Waals surface area (Å²) in [5.74, 6) is 0.864. The van der Waals surface area contributed by atoms with Crippen LogP contribution in [-0.2, 0) is 0 Å². The molecule has 0 spiro atoms. The molecule has 1 fully saturated rings. The first kappa shape index (κ1) is 8.89. The third-order valence-electron chi connectivity index (χ3n) is 2.77. The second kappa shape index (κ2) is 3.22. The van der Waals surface area contributed by atoms with Crippen LogP contribution in [0.5, 0.6) is 5.75 Å². The highest BCUT2D eigenvalue weighted by Gasteiger charge is 2.24. The SMILES string of the molecule is Cc1cc(O)c(C2CCC2)c(Cl)c1. The molecule has 0 aliphatic heterocycles. The van der Waals surface area contributed by atoms with Crippen LogP contribution >= 0.6 is 11.6 Å². The van der Waals surface area contributed by atoms with E-state index in [1.165, 1.54) is 6.42 Å². The van der Waals surface area contributed by atoms with E-state index in [2.05, 4.69) is 0 Å². The number of hydrogen-bond donors (Lipinski definition) is 1. The van der Waals surface area contributed by atoms with Gasteiger partial charge in [0.2, 0.25) is 0 Å². The monoisotopic (exact) mass is 196 g/mol. The Kier molecular flexibility index (Phi) is 2.20. The van der Waals surface area contributed by atoms with Gasteiger partial charge in [-0.3, -0.25) is 0 Å². The molecular weight excluding hydrogens is 184 g/mol. The molecule has 0 bridgehead atoms. The largest absolute Gasteiger partial charge is 0.508 e. The van der Waals surface area contributed by atoms with Crippen molar-refractivity contribution in [3.63, 3.8) is 0 Å². The average Bonchev–Trinajstić information content (AvgIpc) is 1.92. The molecule has 0 amide bonds. The van der Waals surface area contributed by atoms with Gasteiger partial charge >= 0.3 is 0 Å². The van der Waals surface area contributed by atoms with E-state index in [9.17, 15) is 5.11 Å². The van der Waals surface area contributed by atoms with E-state index in [0.717, 1.165) is 29.0 Å². The molecule has 1 aliphatic rings. The van der Waals surface area contributed by atoms with E-state index in [0.29, 0.717) is 11.7 Å². The topological polar surface area (TPSA) is 20.2 Å². The molecule has 0 radical (unpaired) electrons. The molecule has 70 valence electrons. The smallest absolute Gasteiger partial charge is 0.120 e. The highest BCUT2D eigenvalue weighted by Crippen LogP contribution is 2.44. The van der Waals surface area contributed by atoms with Crippen molar-refractivity contribution >= 4 is 11.6 Å². The highest BCUT2D eigenvalue weighted by molar-refractivity contribution is 6.31. The van der Waals surface area contributed by atoms with Crippen LogP contribution in [0.1, 0.15) is 36.3 Å². The first-order chi connectivity index (χ1) is 6.18. The summed E-state index contributed by atoms with van der Waals surface area (Å²) >= 11 is 6.08. The fraction of sp³-hybridized carbons (Fsp3) is 0.455. The van der Waals surface area contributed by atoms with Crippen molar-refractivity contribution in [2.75, 3.05) is 0 Å². The number of hydrogen-bond acceptors (Lipinski definition) is 1. The van der Waals surface area contributed by atoms with E-state index in [1.54, 1.807) is 6.07 Å². The molecule has 1 N–H and O–H groups in total. The molecular formula is C11H13ClO. The Morgan fingerprint density at radius 3 is 2.54 bits per heavy atom. The molecule has 1 saturated carbocycles. The van der Waals surface area contributed by atoms with Crippen LogP contribution < -0.4 is 0 Å². The zero-order valence-electron chi connectivity index (χ0n) is 7.68. The molecule has 1 aromatic carbocycles. The number of phenolic OH excluding ortho intramolecular Hbond substituents is 1. The number of phenols is 1. The molecule has 13 heavy (non-hydrogen) atoms. The molecule has 1 aromatic rings. The third-order valence-corrected chi connectivity index (χ3v) is 3.08. The van der Waals surface area contributed by atoms with E-state index in [-0.39, 0.29) is 0 Å². The zero-order valence-corrected chi connectivity index (χ0v) is 8.43. The Morgan fingerprint density at radius 1 is 1.38 bits per heavy atom. The lowest BCUT2D eigenvalue weighted by Gasteiger charge is -2.27. The number of aryl methyl sites for hydroxylation is 1. The third kappa shape index (κ3) is 1.53. The summed E-state index contributed by atoms with van der Waals surface area (Å²) < 4.78 is 0. The highest BCUT2D eigenvalue weighted by atomic mass is 35.5. The minimum atomic E-state index is 0.370. The van der Waals surface area contributed by atoms with Gasteiger partial charge in [0.15, 0.2) is 0 Å². The summed E-state index contributed by atoms with van der Waals surface area (Å²) in [5, 5.41) is 10.4. The number of aromatic hydroxyl groups is 1. The van der Waals surface area contributed by atoms with Crippen molar-refractivity contribution in [3.8, 4) is 5.75 Å². The Balaban J connectivity index is 2.43. The molecule has 2 heteroatoms. The van der Waals surface area contributed by atoms with Crippen LogP contribution in [0.2, 0.25) is 5.02 Å². The Morgan fingerprint density at radius 2 is 2.08 bits per heavy atom. The van der Waals surface area contributed by atoms with E-state index in [1.807, 2.05) is 13.0 Å². The Labute approximate surface area is 83.3 Å². The number of rotatable bonds is 1. The second-order valence-corrected chi connectivity index (χ2v) is 4.21. The van der Waals surface area contributed by atoms with Gasteiger partial charge in [-0.1, -0.05) is 18.0 Å². The minimum absolute atomic E-state index is 0.370. The number of halogens is 1. The molecule has 1 nitrogen and oxygen atoms in total. The van der Waals surface area contributed by atoms with Crippen LogP contribution in [0.25, 0.3) is 0 Å². The van der Waals surface area contributed by atoms with Crippen molar-refractivity contribution in [1.82, 2.24) is 0 Å². The predicted octanol–water partition coefficient (Wildman–Crippen LogP) is 3.62. The molecule has 0 unspecified atom stereocenters. The van der Waals surface area contributed by atoms with Crippen molar-refractivity contribution in [2.24, 2.45) is 0 Å². The van der Waals surface area contributed by atoms with Gasteiger partial charge in [0.1, 0.15) is 5.75 Å². The fourth-order valence-corrected chi connectivity index (χ4v) is 2.26. The second-order valence-electron chi connectivity index (χ2n) is 3.81. The van der Waals surface area contributed by atoms with E-state index in [4.69, 9.17) is 11.6 Å². The van der Waals surface area contributed by atoms with Gasteiger partial charge in [-0.25, -0.2) is 0 Å². The average molecular weight is 197 g/mol. The summed E-state index contributed by atoms with van der Waals surface area (Å²) in [4.78, 5) is 0. The van der Waals surface area contributed by atoms with Crippen molar-refractivity contribution in [3.05, 3.63) is 28.3 Å². The van der Waals surface area contributed by atoms with Gasteiger partial charge in [-0.05, 0) is 43.4 Å². The lowest BCUT2D eigenvalue weighted by Crippen LogP contribution is -2.09. The van der Waals surface area contributed by atoms with Gasteiger partial charge in [0.05, 0.1) is 0 Å². The summed E-state index contributed by atoms with van der Waals surface area (Å²) in [5.41, 5.74) is 1.98. The maximum Gasteiger partial charge on any atom is 0.120 e. The van der Waals surface area contributed by atoms with Gasteiger partial charge in [0, 0.05) is 10.6 Å². The number of benzene rings is 1. The molecule has 1 aliphatic carbocycles. The lowest BCUT2D eigenvalue weighted by molar-refractivity contribution is 0.393. The van der Waals surface area contributed by atoms with Gasteiger partial charge in [-0.2, -0.15) is 0 Å². The quantitative estimate of drug-likeness (QED) is 0.728. The summed E-state index contributed by atoms with van der Waals surface area (Å²) in [7, 11) is 0. The van der Waals surface area contributed by atoms with E-state index >= 15 is 0 Å². The van der Waals surface area contributed by atoms with Crippen molar-refractivity contribution < 1.29 is 5.11 Å². The fourth-order valence-electron chi connectivity index (χ4n) is 1.84. The van der Waals surface area contributed by atoms with Crippen LogP contribution in [0.15, 0.2) is 12.1 Å². The van der Waals surface area contributed by atoms with Crippen molar-refractivity contribution in [2.45, 2.75) is 32.1 Å². The standard InChI is InChI=1S/C11H13ClO/c1-7-5-9(12)11(10(13)6-7)8-3-2-4-8/h5-6,8,13H,2-4H2,1H3. The van der Waals surface area contributed by atoms with E-state index < -0.39 is 0 Å². The van der Waals surface area contributed by atoms with Gasteiger partial charge in [-0.15, -0.1) is 0 Å². The molecule has 0 atom stereocenters. The molecule has 0 saturated heterocycles. The van der Waals surface area contributed by atoms with Gasteiger partial charge in [0.25, 0.3) is 0 Å². The lowest BCUT2D eigenvalue weighted by atomic mass is 9.79. The minimum Gasteiger partial charge on any atom is -0.508 e. The van der Waals surface area contributed by atoms with Crippen LogP contribution in [0.3, 0.4) is 0 Å². The normalized spacial score (nSPS) is 17.1. The van der Waals surface area contributed by atoms with Gasteiger partial charge < -0.3 is 5.11 Å². The first-order valence-corrected chi connectivity index (χ1v) is 5.05. The summed E-state index contributed by atoms with van der Waals surface area (Å²) in [6.45, 7) is 1.94. The van der Waals surface area contributed by atoms with Crippen LogP contribution in [0, 0.1) is 6.92 Å². The maximum absolute atomic E-state index is 9.72. The zero-order chi connectivity index (χ0) is 9.42. The Bertz CT molecular complexity index is 306. The molecule has 0 aromatic heterocycles. The van der Waals surface area contributed by atoms with Crippen LogP contribution in [0.4, 0.5) is 0 Å². The Hall–Kier alpha value is -0.690. The summed E-state index contributed by atoms with van der Waals surface area (Å²) in [6, 6.07) is 3.72. The van der Waals surface area contributed by atoms with Crippen LogP contribution in [-0.4, -0.2) is 5.11 Å². The predicted molar refractivity (Wildman–Crippen MR) is 54.4 cm³/mol. The molecule has 2 rings (SSSR count). The maximum atomic E-state index is 9.72. The molecule has 0 heterocycles. The van der Waals surface area contributed by atoms with Crippen molar-refractivity contribution in [1.29, 1.82) is 0 Å². The first-order valence-electron chi connectivity index (χ1n) is 4.67. The summed E-state index contributed by atoms with van der Waals surface area (Å²) in [6.07, 6.45) is 3.58.